The summed E-state index contributed by atoms with van der Waals surface area (Å²) in [5.41, 5.74) is 1.23. The minimum atomic E-state index is -3.90. The molecule has 0 fully saturated rings. The van der Waals surface area contributed by atoms with Crippen LogP contribution in [-0.2, 0) is 10.0 Å². The molecule has 0 bridgehead atoms. The molecular weight excluding hydrogens is 312 g/mol. The van der Waals surface area contributed by atoms with Gasteiger partial charge in [-0.05, 0) is 48.9 Å². The van der Waals surface area contributed by atoms with Crippen LogP contribution in [0.25, 0.3) is 0 Å². The van der Waals surface area contributed by atoms with Crippen LogP contribution in [0.5, 0.6) is 0 Å². The Labute approximate surface area is 128 Å². The topological polar surface area (TPSA) is 75.3 Å². The minimum Gasteiger partial charge on any atom is -0.307 e. The number of rotatable bonds is 3. The van der Waals surface area contributed by atoms with E-state index >= 15 is 0 Å². The zero-order valence-electron chi connectivity index (χ0n) is 11.1. The van der Waals surface area contributed by atoms with E-state index in [1.54, 1.807) is 43.3 Å². The molecule has 0 aliphatic carbocycles. The molecule has 2 aromatic rings. The number of nitrogens with one attached hydrogen (secondary N) is 2. The highest BCUT2D eigenvalue weighted by Crippen LogP contribution is 2.14. The lowest BCUT2D eigenvalue weighted by atomic mass is 10.2. The van der Waals surface area contributed by atoms with Crippen LogP contribution >= 0.6 is 11.6 Å². The molecule has 0 spiro atoms. The summed E-state index contributed by atoms with van der Waals surface area (Å²) >= 11 is 5.73. The zero-order valence-corrected chi connectivity index (χ0v) is 12.7. The molecule has 0 aliphatic rings. The maximum absolute atomic E-state index is 12.0. The summed E-state index contributed by atoms with van der Waals surface area (Å²) in [7, 11) is -3.90. The fourth-order valence-corrected chi connectivity index (χ4v) is 2.79. The van der Waals surface area contributed by atoms with Crippen molar-refractivity contribution in [3.8, 4) is 0 Å². The Morgan fingerprint density at radius 1 is 1.10 bits per heavy atom. The Hall–Kier alpha value is -2.05. The molecular formula is C14H13ClN2O3S. The Morgan fingerprint density at radius 2 is 1.76 bits per heavy atom. The molecule has 0 saturated heterocycles. The summed E-state index contributed by atoms with van der Waals surface area (Å²) < 4.78 is 26.0. The highest BCUT2D eigenvalue weighted by atomic mass is 35.5. The van der Waals surface area contributed by atoms with Gasteiger partial charge in [-0.25, -0.2) is 17.9 Å². The van der Waals surface area contributed by atoms with Crippen molar-refractivity contribution in [2.45, 2.75) is 11.8 Å². The van der Waals surface area contributed by atoms with Gasteiger partial charge in [-0.1, -0.05) is 23.7 Å². The lowest BCUT2D eigenvalue weighted by Gasteiger charge is -2.09. The Balaban J connectivity index is 2.09. The van der Waals surface area contributed by atoms with Crippen LogP contribution < -0.4 is 10.0 Å². The maximum atomic E-state index is 12.0. The molecule has 0 heterocycles. The normalized spacial score (nSPS) is 11.0. The fraction of sp³-hybridized carbons (Fsp3) is 0.0714. The number of halogens is 1. The first kappa shape index (κ1) is 15.3. The number of sulfonamides is 1. The third-order valence-electron chi connectivity index (χ3n) is 2.63. The molecule has 5 nitrogen and oxygen atoms in total. The van der Waals surface area contributed by atoms with E-state index in [0.29, 0.717) is 10.7 Å². The van der Waals surface area contributed by atoms with E-state index in [4.69, 9.17) is 11.6 Å². The summed E-state index contributed by atoms with van der Waals surface area (Å²) in [6, 6.07) is 11.8. The molecule has 2 aromatic carbocycles. The standard InChI is InChI=1S/C14H13ClN2O3S/c1-10-3-2-4-13(9-10)21(19,20)17-14(18)16-12-7-5-11(15)6-8-12/h2-9H,1H3,(H2,16,17,18). The molecule has 0 unspecified atom stereocenters. The van der Waals surface area contributed by atoms with Gasteiger partial charge in [-0.15, -0.1) is 0 Å². The Bertz CT molecular complexity index is 758. The van der Waals surface area contributed by atoms with Gasteiger partial charge < -0.3 is 5.32 Å². The molecule has 0 radical (unpaired) electrons. The van der Waals surface area contributed by atoms with Gasteiger partial charge in [-0.2, -0.15) is 0 Å². The number of carbonyl (C=O) groups is 1. The first-order valence-corrected chi connectivity index (χ1v) is 7.89. The number of urea groups is 1. The highest BCUT2D eigenvalue weighted by molar-refractivity contribution is 7.90. The van der Waals surface area contributed by atoms with E-state index in [1.807, 2.05) is 4.72 Å². The van der Waals surface area contributed by atoms with Gasteiger partial charge >= 0.3 is 6.03 Å². The van der Waals surface area contributed by atoms with Gasteiger partial charge in [0.2, 0.25) is 0 Å². The second-order valence-electron chi connectivity index (χ2n) is 4.38. The van der Waals surface area contributed by atoms with Crippen molar-refractivity contribution in [3.05, 3.63) is 59.1 Å². The zero-order chi connectivity index (χ0) is 15.5. The van der Waals surface area contributed by atoms with Crippen molar-refractivity contribution >= 4 is 33.3 Å². The number of hydrogen-bond acceptors (Lipinski definition) is 3. The van der Waals surface area contributed by atoms with Crippen LogP contribution in [-0.4, -0.2) is 14.4 Å². The molecule has 0 aliphatic heterocycles. The lowest BCUT2D eigenvalue weighted by molar-refractivity contribution is 0.256. The number of benzene rings is 2. The quantitative estimate of drug-likeness (QED) is 0.910. The van der Waals surface area contributed by atoms with E-state index in [9.17, 15) is 13.2 Å². The third kappa shape index (κ3) is 4.21. The van der Waals surface area contributed by atoms with Crippen LogP contribution in [0.1, 0.15) is 5.56 Å². The second kappa shape index (κ2) is 6.15. The van der Waals surface area contributed by atoms with E-state index in [1.165, 1.54) is 12.1 Å². The smallest absolute Gasteiger partial charge is 0.307 e. The number of carbonyl (C=O) groups excluding carboxylic acids is 1. The molecule has 0 aromatic heterocycles. The molecule has 0 atom stereocenters. The number of aryl methyl sites for hydroxylation is 1. The number of hydrogen-bond donors (Lipinski definition) is 2. The van der Waals surface area contributed by atoms with Crippen molar-refractivity contribution < 1.29 is 13.2 Å². The maximum Gasteiger partial charge on any atom is 0.333 e. The van der Waals surface area contributed by atoms with Gasteiger partial charge in [0.05, 0.1) is 4.90 Å². The van der Waals surface area contributed by atoms with E-state index in [0.717, 1.165) is 5.56 Å². The lowest BCUT2D eigenvalue weighted by Crippen LogP contribution is -2.34. The SMILES string of the molecule is Cc1cccc(S(=O)(=O)NC(=O)Nc2ccc(Cl)cc2)c1. The van der Waals surface area contributed by atoms with E-state index in [2.05, 4.69) is 5.32 Å². The summed E-state index contributed by atoms with van der Waals surface area (Å²) in [6.07, 6.45) is 0. The summed E-state index contributed by atoms with van der Waals surface area (Å²) in [6.45, 7) is 1.77. The van der Waals surface area contributed by atoms with Crippen molar-refractivity contribution in [3.63, 3.8) is 0 Å². The van der Waals surface area contributed by atoms with E-state index < -0.39 is 16.1 Å². The molecule has 0 saturated carbocycles. The Morgan fingerprint density at radius 3 is 2.38 bits per heavy atom. The Kier molecular flexibility index (Phi) is 4.50. The van der Waals surface area contributed by atoms with Crippen molar-refractivity contribution in [2.75, 3.05) is 5.32 Å². The molecule has 2 N–H and O–H groups in total. The van der Waals surface area contributed by atoms with Gasteiger partial charge in [0.15, 0.2) is 0 Å². The average molecular weight is 325 g/mol. The molecule has 2 rings (SSSR count). The first-order chi connectivity index (χ1) is 9.87. The van der Waals surface area contributed by atoms with Crippen LogP contribution in [0, 0.1) is 6.92 Å². The highest BCUT2D eigenvalue weighted by Gasteiger charge is 2.17. The van der Waals surface area contributed by atoms with Crippen LogP contribution in [0.3, 0.4) is 0 Å². The van der Waals surface area contributed by atoms with Crippen molar-refractivity contribution in [2.24, 2.45) is 0 Å². The van der Waals surface area contributed by atoms with Crippen LogP contribution in [0.15, 0.2) is 53.4 Å². The number of anilines is 1. The van der Waals surface area contributed by atoms with Crippen molar-refractivity contribution in [1.29, 1.82) is 0 Å². The summed E-state index contributed by atoms with van der Waals surface area (Å²) in [5.74, 6) is 0. The van der Waals surface area contributed by atoms with Crippen molar-refractivity contribution in [1.82, 2.24) is 4.72 Å². The number of amides is 2. The van der Waals surface area contributed by atoms with Crippen LogP contribution in [0.2, 0.25) is 5.02 Å². The predicted octanol–water partition coefficient (Wildman–Crippen LogP) is 3.16. The second-order valence-corrected chi connectivity index (χ2v) is 6.50. The monoisotopic (exact) mass is 324 g/mol. The predicted molar refractivity (Wildman–Crippen MR) is 82.0 cm³/mol. The minimum absolute atomic E-state index is 0.0359. The largest absolute Gasteiger partial charge is 0.333 e. The molecule has 110 valence electrons. The fourth-order valence-electron chi connectivity index (χ4n) is 1.65. The van der Waals surface area contributed by atoms with E-state index in [-0.39, 0.29) is 4.90 Å². The van der Waals surface area contributed by atoms with Gasteiger partial charge in [0, 0.05) is 10.7 Å². The molecule has 21 heavy (non-hydrogen) atoms. The summed E-state index contributed by atoms with van der Waals surface area (Å²) in [4.78, 5) is 11.8. The van der Waals surface area contributed by atoms with Gasteiger partial charge in [-0.3, -0.25) is 0 Å². The van der Waals surface area contributed by atoms with Crippen LogP contribution in [0.4, 0.5) is 10.5 Å². The molecule has 7 heteroatoms. The summed E-state index contributed by atoms with van der Waals surface area (Å²) in [5, 5.41) is 2.94. The van der Waals surface area contributed by atoms with Gasteiger partial charge in [0.25, 0.3) is 10.0 Å². The van der Waals surface area contributed by atoms with Gasteiger partial charge in [0.1, 0.15) is 0 Å². The first-order valence-electron chi connectivity index (χ1n) is 6.03. The molecule has 2 amide bonds. The average Bonchev–Trinajstić information content (AvgIpc) is 2.41. The third-order valence-corrected chi connectivity index (χ3v) is 4.21.